The van der Waals surface area contributed by atoms with Crippen molar-refractivity contribution >= 4 is 21.6 Å². The van der Waals surface area contributed by atoms with Gasteiger partial charge < -0.3 is 20.6 Å². The second kappa shape index (κ2) is 11.1. The van der Waals surface area contributed by atoms with Gasteiger partial charge in [0.15, 0.2) is 0 Å². The van der Waals surface area contributed by atoms with E-state index in [0.717, 1.165) is 24.3 Å². The average molecular weight is 603 g/mol. The van der Waals surface area contributed by atoms with Crippen molar-refractivity contribution in [3.63, 3.8) is 0 Å². The van der Waals surface area contributed by atoms with Crippen molar-refractivity contribution in [1.29, 1.82) is 0 Å². The van der Waals surface area contributed by atoms with Crippen molar-refractivity contribution in [2.45, 2.75) is 67.2 Å². The highest BCUT2D eigenvalue weighted by Gasteiger charge is 2.71. The summed E-state index contributed by atoms with van der Waals surface area (Å²) < 4.78 is 122. The Morgan fingerprint density at radius 3 is 2.15 bits per heavy atom. The van der Waals surface area contributed by atoms with Crippen LogP contribution < -0.4 is 9.62 Å². The van der Waals surface area contributed by atoms with E-state index in [0.29, 0.717) is 22.5 Å². The fourth-order valence-corrected chi connectivity index (χ4v) is 6.10. The highest BCUT2D eigenvalue weighted by molar-refractivity contribution is 7.92. The minimum Gasteiger partial charge on any atom is -0.394 e. The number of amides is 1. The normalized spacial score (nSPS) is 18.2. The Morgan fingerprint density at radius 2 is 1.65 bits per heavy atom. The predicted octanol–water partition coefficient (Wildman–Crippen LogP) is 2.90. The summed E-state index contributed by atoms with van der Waals surface area (Å²) in [5.41, 5.74) is -7.46. The third-order valence-electron chi connectivity index (χ3n) is 6.55. The first-order valence-corrected chi connectivity index (χ1v) is 13.2. The number of carbonyl (C=O) groups is 1. The van der Waals surface area contributed by atoms with Crippen LogP contribution in [0.2, 0.25) is 0 Å². The molecule has 1 aliphatic heterocycles. The first-order valence-electron chi connectivity index (χ1n) is 11.7. The van der Waals surface area contributed by atoms with Gasteiger partial charge >= 0.3 is 12.4 Å². The maximum atomic E-state index is 13.6. The lowest BCUT2D eigenvalue weighted by atomic mass is 9.87. The Kier molecular flexibility index (Phi) is 8.79. The van der Waals surface area contributed by atoms with E-state index in [1.165, 1.54) is 6.92 Å². The number of alkyl halides is 6. The van der Waals surface area contributed by atoms with Crippen LogP contribution in [0.25, 0.3) is 0 Å². The topological polar surface area (TPSA) is 127 Å². The van der Waals surface area contributed by atoms with Crippen molar-refractivity contribution in [2.75, 3.05) is 10.9 Å². The molecule has 0 bridgehead atoms. The van der Waals surface area contributed by atoms with Gasteiger partial charge in [0, 0.05) is 12.0 Å². The van der Waals surface area contributed by atoms with Gasteiger partial charge in [-0.3, -0.25) is 9.10 Å². The summed E-state index contributed by atoms with van der Waals surface area (Å²) in [7, 11) is -4.66. The van der Waals surface area contributed by atoms with Gasteiger partial charge in [0.1, 0.15) is 5.82 Å². The lowest BCUT2D eigenvalue weighted by Crippen LogP contribution is -2.54. The molecular formula is C24H25F7N2O6S. The Labute approximate surface area is 224 Å². The monoisotopic (exact) mass is 602 g/mol. The number of aryl methyl sites for hydroxylation is 1. The van der Waals surface area contributed by atoms with Crippen LogP contribution in [0, 0.1) is 5.82 Å². The van der Waals surface area contributed by atoms with Gasteiger partial charge in [-0.15, -0.1) is 0 Å². The molecule has 0 saturated heterocycles. The highest BCUT2D eigenvalue weighted by Crippen LogP contribution is 2.51. The first kappa shape index (κ1) is 31.6. The van der Waals surface area contributed by atoms with Gasteiger partial charge in [-0.1, -0.05) is 12.1 Å². The molecule has 3 rings (SSSR count). The Bertz CT molecular complexity index is 1320. The molecule has 0 unspecified atom stereocenters. The number of carbonyl (C=O) groups excluding carboxylic acids is 1. The molecule has 0 aromatic heterocycles. The van der Waals surface area contributed by atoms with E-state index in [2.05, 4.69) is 5.32 Å². The lowest BCUT2D eigenvalue weighted by molar-refractivity contribution is -0.376. The highest BCUT2D eigenvalue weighted by atomic mass is 32.2. The second-order valence-electron chi connectivity index (χ2n) is 9.30. The molecule has 0 spiro atoms. The fourth-order valence-electron chi connectivity index (χ4n) is 4.38. The molecule has 40 heavy (non-hydrogen) atoms. The van der Waals surface area contributed by atoms with Gasteiger partial charge in [-0.25, -0.2) is 12.8 Å². The molecule has 8 nitrogen and oxygen atoms in total. The summed E-state index contributed by atoms with van der Waals surface area (Å²) in [5, 5.41) is 31.1. The number of halogens is 7. The molecule has 1 aliphatic rings. The number of nitrogens with zero attached hydrogens (tertiary/aromatic N) is 1. The molecular weight excluding hydrogens is 577 g/mol. The summed E-state index contributed by atoms with van der Waals surface area (Å²) in [6.45, 7) is 0.628. The van der Waals surface area contributed by atoms with E-state index in [1.807, 2.05) is 0 Å². The maximum Gasteiger partial charge on any atom is 0.430 e. The van der Waals surface area contributed by atoms with Gasteiger partial charge in [-0.2, -0.15) is 26.3 Å². The fraction of sp³-hybridized carbons (Fsp3) is 0.458. The van der Waals surface area contributed by atoms with Crippen LogP contribution in [0.3, 0.4) is 0 Å². The van der Waals surface area contributed by atoms with Gasteiger partial charge in [0.05, 0.1) is 35.4 Å². The number of fused-ring (bicyclic) bond motifs is 1. The first-order chi connectivity index (χ1) is 18.3. The van der Waals surface area contributed by atoms with Gasteiger partial charge in [-0.05, 0) is 55.7 Å². The summed E-state index contributed by atoms with van der Waals surface area (Å²) >= 11 is 0. The molecule has 4 N–H and O–H groups in total. The minimum absolute atomic E-state index is 0.251. The largest absolute Gasteiger partial charge is 0.430 e. The van der Waals surface area contributed by atoms with Gasteiger partial charge in [0.25, 0.3) is 15.6 Å². The zero-order valence-electron chi connectivity index (χ0n) is 20.7. The van der Waals surface area contributed by atoms with E-state index in [1.54, 1.807) is 0 Å². The quantitative estimate of drug-likeness (QED) is 0.345. The molecule has 1 amide bonds. The summed E-state index contributed by atoms with van der Waals surface area (Å²) in [4.78, 5) is 12.2. The maximum absolute atomic E-state index is 13.6. The van der Waals surface area contributed by atoms with Crippen molar-refractivity contribution in [2.24, 2.45) is 0 Å². The van der Waals surface area contributed by atoms with Crippen LogP contribution in [0.1, 0.15) is 30.9 Å². The van der Waals surface area contributed by atoms with Crippen LogP contribution in [0.5, 0.6) is 0 Å². The molecule has 2 aromatic rings. The molecule has 0 radical (unpaired) electrons. The molecule has 2 aromatic carbocycles. The van der Waals surface area contributed by atoms with Crippen LogP contribution in [-0.2, 0) is 26.8 Å². The number of aliphatic hydroxyl groups excluding tert-OH is 2. The average Bonchev–Trinajstić information content (AvgIpc) is 2.84. The number of aliphatic hydroxyl groups is 3. The Morgan fingerprint density at radius 1 is 1.07 bits per heavy atom. The van der Waals surface area contributed by atoms with Crippen LogP contribution in [0.15, 0.2) is 47.4 Å². The van der Waals surface area contributed by atoms with Crippen LogP contribution in [0.4, 0.5) is 36.4 Å². The van der Waals surface area contributed by atoms with E-state index in [-0.39, 0.29) is 24.1 Å². The smallest absolute Gasteiger partial charge is 0.394 e. The van der Waals surface area contributed by atoms with E-state index in [9.17, 15) is 59.3 Å². The minimum atomic E-state index is -6.16. The Hall–Kier alpha value is -2.95. The lowest BCUT2D eigenvalue weighted by Gasteiger charge is -2.39. The van der Waals surface area contributed by atoms with E-state index in [4.69, 9.17) is 0 Å². The molecule has 0 aliphatic carbocycles. The number of benzene rings is 2. The standard InChI is InChI=1S/C24H25F7N2O6S/c1-13(35)19(12-34)32-21(36)11-17-6-2-14-10-15(22(37,23(26,27)28)24(29,30)31)3-9-20(14)33(17)40(38,39)18-7-4-16(25)5-8-18/h3-5,7-10,13,17,19,34-35,37H,2,6,11-12H2,1H3,(H,32,36)/t13-,17-,19+/m0/s1. The van der Waals surface area contributed by atoms with Crippen molar-refractivity contribution in [1.82, 2.24) is 5.32 Å². The number of nitrogens with one attached hydrogen (secondary N) is 1. The van der Waals surface area contributed by atoms with E-state index >= 15 is 0 Å². The molecule has 222 valence electrons. The second-order valence-corrected chi connectivity index (χ2v) is 11.1. The van der Waals surface area contributed by atoms with Crippen LogP contribution in [-0.4, -0.2) is 66.8 Å². The zero-order valence-corrected chi connectivity index (χ0v) is 21.5. The third kappa shape index (κ3) is 5.89. The molecule has 3 atom stereocenters. The summed E-state index contributed by atoms with van der Waals surface area (Å²) in [6, 6.07) is 2.50. The number of sulfonamides is 1. The number of hydrogen-bond acceptors (Lipinski definition) is 6. The van der Waals surface area contributed by atoms with Gasteiger partial charge in [0.2, 0.25) is 5.91 Å². The molecule has 0 saturated carbocycles. The third-order valence-corrected chi connectivity index (χ3v) is 8.43. The van der Waals surface area contributed by atoms with Crippen molar-refractivity contribution in [3.05, 3.63) is 59.4 Å². The Balaban J connectivity index is 2.13. The number of rotatable bonds is 8. The number of anilines is 1. The predicted molar refractivity (Wildman–Crippen MR) is 126 cm³/mol. The SMILES string of the molecule is C[C@H](O)[C@@H](CO)NC(=O)C[C@@H]1CCc2cc(C(O)(C(F)(F)F)C(F)(F)F)ccc2N1S(=O)(=O)c1ccc(F)cc1. The molecule has 1 heterocycles. The summed E-state index contributed by atoms with van der Waals surface area (Å²) in [6.07, 6.45) is -14.6. The zero-order chi connectivity index (χ0) is 30.3. The molecule has 0 fully saturated rings. The molecule has 16 heteroatoms. The van der Waals surface area contributed by atoms with Crippen molar-refractivity contribution < 1.29 is 59.3 Å². The summed E-state index contributed by atoms with van der Waals surface area (Å²) in [5.74, 6) is -1.60. The number of hydrogen-bond donors (Lipinski definition) is 4. The van der Waals surface area contributed by atoms with Crippen molar-refractivity contribution in [3.8, 4) is 0 Å². The van der Waals surface area contributed by atoms with E-state index < -0.39 is 81.4 Å². The van der Waals surface area contributed by atoms with Crippen LogP contribution >= 0.6 is 0 Å².